The molecule has 3 aromatic rings. The molecular formula is C19H12ClF3N4O4S. The number of hydrogen-bond acceptors (Lipinski definition) is 6. The quantitative estimate of drug-likeness (QED) is 0.542. The highest BCUT2D eigenvalue weighted by Gasteiger charge is 2.16. The van der Waals surface area contributed by atoms with E-state index in [-0.39, 0.29) is 31.9 Å². The van der Waals surface area contributed by atoms with Crippen LogP contribution in [-0.4, -0.2) is 35.0 Å². The van der Waals surface area contributed by atoms with E-state index in [4.69, 9.17) is 16.1 Å². The first-order chi connectivity index (χ1) is 15.2. The number of nitrogens with one attached hydrogen (secondary N) is 2. The van der Waals surface area contributed by atoms with Crippen molar-refractivity contribution in [3.8, 4) is 11.8 Å². The fraction of sp³-hybridized carbons (Fsp3) is 0.158. The fourth-order valence-electron chi connectivity index (χ4n) is 2.41. The lowest BCUT2D eigenvalue weighted by Crippen LogP contribution is -2.26. The summed E-state index contributed by atoms with van der Waals surface area (Å²) in [6.07, 6.45) is -1.97. The number of carbonyl (C=O) groups excluding carboxylic acids is 2. The first kappa shape index (κ1) is 23.1. The number of amides is 2. The summed E-state index contributed by atoms with van der Waals surface area (Å²) in [5.74, 6) is 2.93. The second-order valence-electron chi connectivity index (χ2n) is 6.08. The second-order valence-corrected chi connectivity index (χ2v) is 7.74. The van der Waals surface area contributed by atoms with Crippen molar-refractivity contribution in [3.05, 3.63) is 66.8 Å². The number of thiophene rings is 1. The Kier molecular flexibility index (Phi) is 7.01. The highest BCUT2D eigenvalue weighted by Crippen LogP contribution is 2.28. The van der Waals surface area contributed by atoms with Crippen LogP contribution in [0, 0.1) is 17.7 Å². The van der Waals surface area contributed by atoms with Gasteiger partial charge in [0.2, 0.25) is 5.76 Å². The Morgan fingerprint density at radius 1 is 1.28 bits per heavy atom. The van der Waals surface area contributed by atoms with Crippen LogP contribution in [0.15, 0.2) is 33.7 Å². The van der Waals surface area contributed by atoms with Gasteiger partial charge >= 0.3 is 0 Å². The molecule has 3 rings (SSSR count). The van der Waals surface area contributed by atoms with Crippen molar-refractivity contribution >= 4 is 40.4 Å². The third-order valence-electron chi connectivity index (χ3n) is 3.84. The van der Waals surface area contributed by atoms with Crippen LogP contribution >= 0.6 is 22.9 Å². The van der Waals surface area contributed by atoms with Crippen molar-refractivity contribution in [1.82, 2.24) is 15.0 Å². The molecule has 0 aliphatic rings. The van der Waals surface area contributed by atoms with Crippen LogP contribution in [0.3, 0.4) is 0 Å². The molecule has 13 heteroatoms. The van der Waals surface area contributed by atoms with Crippen molar-refractivity contribution in [2.75, 3.05) is 12.4 Å². The molecule has 2 amide bonds. The van der Waals surface area contributed by atoms with Gasteiger partial charge in [0.25, 0.3) is 23.8 Å². The van der Waals surface area contributed by atoms with Gasteiger partial charge in [-0.3, -0.25) is 14.4 Å². The number of pyridine rings is 1. The smallest absolute Gasteiger partial charge is 0.286 e. The molecule has 0 saturated heterocycles. The number of halogens is 4. The maximum absolute atomic E-state index is 13.7. The zero-order valence-electron chi connectivity index (χ0n) is 16.0. The minimum atomic E-state index is -2.88. The van der Waals surface area contributed by atoms with Gasteiger partial charge in [0.15, 0.2) is 11.5 Å². The van der Waals surface area contributed by atoms with E-state index in [1.54, 1.807) is 0 Å². The van der Waals surface area contributed by atoms with Crippen LogP contribution in [0.1, 0.15) is 31.5 Å². The lowest BCUT2D eigenvalue weighted by molar-refractivity contribution is 0.0953. The van der Waals surface area contributed by atoms with Crippen molar-refractivity contribution in [2.24, 2.45) is 0 Å². The van der Waals surface area contributed by atoms with E-state index in [1.165, 1.54) is 19.2 Å². The van der Waals surface area contributed by atoms with E-state index in [2.05, 4.69) is 27.6 Å². The van der Waals surface area contributed by atoms with Gasteiger partial charge < -0.3 is 19.7 Å². The lowest BCUT2D eigenvalue weighted by Gasteiger charge is -2.09. The summed E-state index contributed by atoms with van der Waals surface area (Å²) in [5, 5.41) is 8.26. The number of anilines is 1. The first-order valence-electron chi connectivity index (χ1n) is 8.67. The van der Waals surface area contributed by atoms with Crippen molar-refractivity contribution in [1.29, 1.82) is 0 Å². The molecule has 0 radical (unpaired) electrons. The number of aromatic nitrogens is 2. The molecule has 0 aliphatic heterocycles. The van der Waals surface area contributed by atoms with Gasteiger partial charge in [0.05, 0.1) is 22.7 Å². The van der Waals surface area contributed by atoms with Crippen LogP contribution in [0.25, 0.3) is 0 Å². The molecule has 0 unspecified atom stereocenters. The highest BCUT2D eigenvalue weighted by atomic mass is 35.5. The molecular weight excluding hydrogens is 473 g/mol. The summed E-state index contributed by atoms with van der Waals surface area (Å²) in [6, 6.07) is 3.41. The van der Waals surface area contributed by atoms with Crippen molar-refractivity contribution < 1.29 is 27.3 Å². The minimum absolute atomic E-state index is 0.0358. The monoisotopic (exact) mass is 484 g/mol. The largest absolute Gasteiger partial charge is 0.354 e. The molecule has 0 aliphatic carbocycles. The third kappa shape index (κ3) is 5.37. The van der Waals surface area contributed by atoms with E-state index in [9.17, 15) is 27.6 Å². The number of rotatable bonds is 5. The standard InChI is InChI=1S/C19H12ClF3N4O4S/c1-24-17(28)13-6-11(31-26-13)3-2-9-4-14(32-16(9)20)18(29)25-10-5-12(21)19(30)27(7-10)8-15(22)23/h4-7,15H,8H2,1H3,(H,24,28)(H,25,29). The van der Waals surface area contributed by atoms with E-state index in [0.717, 1.165) is 23.6 Å². The average Bonchev–Trinajstić information content (AvgIpc) is 3.36. The van der Waals surface area contributed by atoms with E-state index < -0.39 is 36.2 Å². The van der Waals surface area contributed by atoms with Crippen LogP contribution in [0.4, 0.5) is 18.9 Å². The van der Waals surface area contributed by atoms with Gasteiger partial charge in [-0.2, -0.15) is 0 Å². The van der Waals surface area contributed by atoms with E-state index >= 15 is 0 Å². The Balaban J connectivity index is 1.78. The topological polar surface area (TPSA) is 106 Å². The predicted molar refractivity (Wildman–Crippen MR) is 110 cm³/mol. The van der Waals surface area contributed by atoms with Crippen LogP contribution in [0.2, 0.25) is 4.34 Å². The molecule has 0 atom stereocenters. The Labute approximate surface area is 187 Å². The van der Waals surface area contributed by atoms with Crippen molar-refractivity contribution in [2.45, 2.75) is 13.0 Å². The lowest BCUT2D eigenvalue weighted by atomic mass is 10.2. The Morgan fingerprint density at radius 2 is 2.03 bits per heavy atom. The molecule has 2 N–H and O–H groups in total. The Morgan fingerprint density at radius 3 is 2.72 bits per heavy atom. The van der Waals surface area contributed by atoms with Gasteiger partial charge in [-0.25, -0.2) is 13.2 Å². The first-order valence-corrected chi connectivity index (χ1v) is 9.87. The molecule has 3 heterocycles. The van der Waals surface area contributed by atoms with Crippen molar-refractivity contribution in [3.63, 3.8) is 0 Å². The molecule has 32 heavy (non-hydrogen) atoms. The molecule has 166 valence electrons. The van der Waals surface area contributed by atoms with Gasteiger partial charge in [-0.05, 0) is 12.0 Å². The molecule has 0 fully saturated rings. The summed E-state index contributed by atoms with van der Waals surface area (Å²) in [6.45, 7) is -1.02. The number of carbonyl (C=O) groups is 2. The van der Waals surface area contributed by atoms with Crippen LogP contribution in [-0.2, 0) is 6.54 Å². The highest BCUT2D eigenvalue weighted by molar-refractivity contribution is 7.18. The van der Waals surface area contributed by atoms with Crippen LogP contribution in [0.5, 0.6) is 0 Å². The van der Waals surface area contributed by atoms with Gasteiger partial charge in [0, 0.05) is 25.4 Å². The zero-order chi connectivity index (χ0) is 23.4. The number of nitrogens with zero attached hydrogens (tertiary/aromatic N) is 2. The molecule has 0 spiro atoms. The van der Waals surface area contributed by atoms with Gasteiger partial charge in [-0.1, -0.05) is 22.7 Å². The maximum Gasteiger partial charge on any atom is 0.286 e. The van der Waals surface area contributed by atoms with Gasteiger partial charge in [0.1, 0.15) is 4.34 Å². The summed E-state index contributed by atoms with van der Waals surface area (Å²) in [4.78, 5) is 35.6. The second kappa shape index (κ2) is 9.71. The predicted octanol–water partition coefficient (Wildman–Crippen LogP) is 2.97. The maximum atomic E-state index is 13.7. The number of hydrogen-bond donors (Lipinski definition) is 2. The van der Waals surface area contributed by atoms with Gasteiger partial charge in [-0.15, -0.1) is 11.3 Å². The van der Waals surface area contributed by atoms with E-state index in [1.807, 2.05) is 0 Å². The number of alkyl halides is 2. The Hall–Kier alpha value is -3.56. The molecule has 0 saturated carbocycles. The third-order valence-corrected chi connectivity index (χ3v) is 5.19. The fourth-order valence-corrected chi connectivity index (χ4v) is 3.49. The SMILES string of the molecule is CNC(=O)c1cc(C#Cc2cc(C(=O)Nc3cc(F)c(=O)n(CC(F)F)c3)sc2Cl)on1. The normalized spacial score (nSPS) is 10.6. The zero-order valence-corrected chi connectivity index (χ0v) is 17.6. The summed E-state index contributed by atoms with van der Waals surface area (Å²) < 4.78 is 44.4. The molecule has 3 aromatic heterocycles. The summed E-state index contributed by atoms with van der Waals surface area (Å²) >= 11 is 6.97. The van der Waals surface area contributed by atoms with E-state index in [0.29, 0.717) is 4.57 Å². The Bertz CT molecular complexity index is 1310. The summed E-state index contributed by atoms with van der Waals surface area (Å²) in [7, 11) is 1.43. The average molecular weight is 485 g/mol. The summed E-state index contributed by atoms with van der Waals surface area (Å²) in [5.41, 5.74) is -1.11. The van der Waals surface area contributed by atoms with Crippen LogP contribution < -0.4 is 16.2 Å². The molecule has 0 aromatic carbocycles. The molecule has 0 bridgehead atoms. The minimum Gasteiger partial charge on any atom is -0.354 e. The molecule has 8 nitrogen and oxygen atoms in total.